The number of halogens is 1. The molecular weight excluding hydrogens is 241 g/mol. The van der Waals surface area contributed by atoms with Crippen LogP contribution in [0.4, 0.5) is 10.1 Å². The van der Waals surface area contributed by atoms with Crippen molar-refractivity contribution in [3.8, 4) is 0 Å². The summed E-state index contributed by atoms with van der Waals surface area (Å²) in [6.45, 7) is 6.72. The molecule has 1 heterocycles. The van der Waals surface area contributed by atoms with Gasteiger partial charge in [0.25, 0.3) is 0 Å². The van der Waals surface area contributed by atoms with Gasteiger partial charge < -0.3 is 15.1 Å². The third-order valence-corrected chi connectivity index (χ3v) is 3.68. The van der Waals surface area contributed by atoms with Crippen molar-refractivity contribution in [3.63, 3.8) is 0 Å². The summed E-state index contributed by atoms with van der Waals surface area (Å²) in [5.41, 5.74) is 0.960. The van der Waals surface area contributed by atoms with E-state index in [1.165, 1.54) is 32.1 Å². The number of hydrogen-bond acceptors (Lipinski definition) is 3. The molecule has 0 aliphatic carbocycles. The molecule has 106 valence electrons. The highest BCUT2D eigenvalue weighted by Gasteiger charge is 2.08. The Balaban J connectivity index is 1.64. The highest BCUT2D eigenvalue weighted by Crippen LogP contribution is 2.14. The lowest BCUT2D eigenvalue weighted by atomic mass is 10.2. The second kappa shape index (κ2) is 7.46. The monoisotopic (exact) mass is 265 g/mol. The minimum atomic E-state index is -0.162. The maximum Gasteiger partial charge on any atom is 0.125 e. The minimum Gasteiger partial charge on any atom is -0.375 e. The van der Waals surface area contributed by atoms with Crippen LogP contribution < -0.4 is 10.2 Å². The minimum absolute atomic E-state index is 0.162. The zero-order valence-electron chi connectivity index (χ0n) is 11.7. The number of rotatable bonds is 6. The van der Waals surface area contributed by atoms with E-state index in [9.17, 15) is 4.39 Å². The van der Waals surface area contributed by atoms with Crippen molar-refractivity contribution in [3.05, 3.63) is 30.1 Å². The van der Waals surface area contributed by atoms with Crippen molar-refractivity contribution >= 4 is 5.69 Å². The van der Waals surface area contributed by atoms with E-state index >= 15 is 0 Å². The second-order valence-electron chi connectivity index (χ2n) is 5.20. The highest BCUT2D eigenvalue weighted by molar-refractivity contribution is 5.45. The summed E-state index contributed by atoms with van der Waals surface area (Å²) in [7, 11) is 2.03. The summed E-state index contributed by atoms with van der Waals surface area (Å²) < 4.78 is 13.1. The number of anilines is 1. The van der Waals surface area contributed by atoms with Gasteiger partial charge in [0.2, 0.25) is 0 Å². The summed E-state index contributed by atoms with van der Waals surface area (Å²) in [5, 5.41) is 3.36. The zero-order chi connectivity index (χ0) is 13.5. The van der Waals surface area contributed by atoms with Crippen molar-refractivity contribution in [2.24, 2.45) is 0 Å². The van der Waals surface area contributed by atoms with Gasteiger partial charge in [-0.25, -0.2) is 4.39 Å². The lowest BCUT2D eigenvalue weighted by Crippen LogP contribution is -2.43. The molecule has 0 atom stereocenters. The predicted molar refractivity (Wildman–Crippen MR) is 78.2 cm³/mol. The SMILES string of the molecule is CN(CCCCN1CCNCC1)c1cccc(F)c1. The normalized spacial score (nSPS) is 16.5. The van der Waals surface area contributed by atoms with Crippen LogP contribution in [0, 0.1) is 5.82 Å². The van der Waals surface area contributed by atoms with Crippen LogP contribution in [0.3, 0.4) is 0 Å². The van der Waals surface area contributed by atoms with E-state index in [0.717, 1.165) is 31.7 Å². The third-order valence-electron chi connectivity index (χ3n) is 3.68. The van der Waals surface area contributed by atoms with Crippen molar-refractivity contribution in [1.82, 2.24) is 10.2 Å². The number of nitrogens with zero attached hydrogens (tertiary/aromatic N) is 2. The Labute approximate surface area is 115 Å². The van der Waals surface area contributed by atoms with Crippen LogP contribution in [-0.4, -0.2) is 51.2 Å². The number of benzene rings is 1. The largest absolute Gasteiger partial charge is 0.375 e. The number of nitrogens with one attached hydrogen (secondary N) is 1. The average Bonchev–Trinajstić information content (AvgIpc) is 2.44. The number of hydrogen-bond donors (Lipinski definition) is 1. The van der Waals surface area contributed by atoms with Gasteiger partial charge in [0.15, 0.2) is 0 Å². The molecule has 0 spiro atoms. The molecule has 0 radical (unpaired) electrons. The summed E-state index contributed by atoms with van der Waals surface area (Å²) >= 11 is 0. The first-order valence-electron chi connectivity index (χ1n) is 7.15. The third kappa shape index (κ3) is 4.80. The Bertz CT molecular complexity index is 377. The average molecular weight is 265 g/mol. The van der Waals surface area contributed by atoms with Crippen LogP contribution in [0.1, 0.15) is 12.8 Å². The Hall–Kier alpha value is -1.13. The highest BCUT2D eigenvalue weighted by atomic mass is 19.1. The zero-order valence-corrected chi connectivity index (χ0v) is 11.7. The quantitative estimate of drug-likeness (QED) is 0.793. The first kappa shape index (κ1) is 14.3. The fraction of sp³-hybridized carbons (Fsp3) is 0.600. The smallest absolute Gasteiger partial charge is 0.125 e. The van der Waals surface area contributed by atoms with E-state index in [0.29, 0.717) is 0 Å². The van der Waals surface area contributed by atoms with Crippen LogP contribution in [-0.2, 0) is 0 Å². The molecular formula is C15H24FN3. The Kier molecular flexibility index (Phi) is 5.61. The Morgan fingerprint density at radius 3 is 2.79 bits per heavy atom. The molecule has 1 N–H and O–H groups in total. The van der Waals surface area contributed by atoms with E-state index < -0.39 is 0 Å². The summed E-state index contributed by atoms with van der Waals surface area (Å²) in [6.07, 6.45) is 2.36. The molecule has 3 nitrogen and oxygen atoms in total. The van der Waals surface area contributed by atoms with Gasteiger partial charge in [-0.3, -0.25) is 0 Å². The van der Waals surface area contributed by atoms with Gasteiger partial charge in [-0.2, -0.15) is 0 Å². The van der Waals surface area contributed by atoms with Crippen molar-refractivity contribution in [1.29, 1.82) is 0 Å². The maximum atomic E-state index is 13.1. The molecule has 1 aromatic rings. The molecule has 1 saturated heterocycles. The molecule has 1 aromatic carbocycles. The van der Waals surface area contributed by atoms with Gasteiger partial charge in [-0.15, -0.1) is 0 Å². The molecule has 2 rings (SSSR count). The lowest BCUT2D eigenvalue weighted by molar-refractivity contribution is 0.237. The van der Waals surface area contributed by atoms with Crippen LogP contribution >= 0.6 is 0 Å². The second-order valence-corrected chi connectivity index (χ2v) is 5.20. The van der Waals surface area contributed by atoms with E-state index in [1.807, 2.05) is 13.1 Å². The molecule has 19 heavy (non-hydrogen) atoms. The topological polar surface area (TPSA) is 18.5 Å². The first-order valence-corrected chi connectivity index (χ1v) is 7.15. The summed E-state index contributed by atoms with van der Waals surface area (Å²) in [5.74, 6) is -0.162. The molecule has 0 bridgehead atoms. The van der Waals surface area contributed by atoms with Gasteiger partial charge in [-0.05, 0) is 37.6 Å². The van der Waals surface area contributed by atoms with Gasteiger partial charge in [0.05, 0.1) is 0 Å². The molecule has 0 amide bonds. The Morgan fingerprint density at radius 2 is 2.05 bits per heavy atom. The molecule has 0 unspecified atom stereocenters. The summed E-state index contributed by atoms with van der Waals surface area (Å²) in [6, 6.07) is 6.80. The van der Waals surface area contributed by atoms with Gasteiger partial charge >= 0.3 is 0 Å². The van der Waals surface area contributed by atoms with Gasteiger partial charge in [0, 0.05) is 45.5 Å². The van der Waals surface area contributed by atoms with E-state index in [2.05, 4.69) is 15.1 Å². The molecule has 1 fully saturated rings. The van der Waals surface area contributed by atoms with Crippen molar-refractivity contribution < 1.29 is 4.39 Å². The maximum absolute atomic E-state index is 13.1. The van der Waals surface area contributed by atoms with E-state index in [-0.39, 0.29) is 5.82 Å². The molecule has 1 aliphatic rings. The predicted octanol–water partition coefficient (Wildman–Crippen LogP) is 1.95. The fourth-order valence-corrected chi connectivity index (χ4v) is 2.46. The van der Waals surface area contributed by atoms with Gasteiger partial charge in [-0.1, -0.05) is 6.07 Å². The van der Waals surface area contributed by atoms with E-state index in [1.54, 1.807) is 12.1 Å². The molecule has 0 saturated carbocycles. The van der Waals surface area contributed by atoms with E-state index in [4.69, 9.17) is 0 Å². The summed E-state index contributed by atoms with van der Waals surface area (Å²) in [4.78, 5) is 4.64. The van der Waals surface area contributed by atoms with Crippen LogP contribution in [0.2, 0.25) is 0 Å². The van der Waals surface area contributed by atoms with Crippen LogP contribution in [0.5, 0.6) is 0 Å². The molecule has 1 aliphatic heterocycles. The number of piperazine rings is 1. The fourth-order valence-electron chi connectivity index (χ4n) is 2.46. The van der Waals surface area contributed by atoms with Crippen LogP contribution in [0.15, 0.2) is 24.3 Å². The van der Waals surface area contributed by atoms with Crippen LogP contribution in [0.25, 0.3) is 0 Å². The Morgan fingerprint density at radius 1 is 1.26 bits per heavy atom. The van der Waals surface area contributed by atoms with Crippen molar-refractivity contribution in [2.45, 2.75) is 12.8 Å². The first-order chi connectivity index (χ1) is 9.25. The lowest BCUT2D eigenvalue weighted by Gasteiger charge is -2.27. The van der Waals surface area contributed by atoms with Gasteiger partial charge in [0.1, 0.15) is 5.82 Å². The molecule has 0 aromatic heterocycles. The van der Waals surface area contributed by atoms with Crippen molar-refractivity contribution in [2.75, 3.05) is 51.2 Å². The number of unbranched alkanes of at least 4 members (excludes halogenated alkanes) is 1. The molecule has 4 heteroatoms. The standard InChI is InChI=1S/C15H24FN3/c1-18(15-6-4-5-14(16)13-15)9-2-3-10-19-11-7-17-8-12-19/h4-6,13,17H,2-3,7-12H2,1H3.